The zero-order valence-electron chi connectivity index (χ0n) is 16.1. The van der Waals surface area contributed by atoms with Crippen LogP contribution in [0, 0.1) is 0 Å². The maximum absolute atomic E-state index is 13.0. The summed E-state index contributed by atoms with van der Waals surface area (Å²) in [6.45, 7) is 0.581. The van der Waals surface area contributed by atoms with Crippen molar-refractivity contribution >= 4 is 5.91 Å². The van der Waals surface area contributed by atoms with Crippen molar-refractivity contribution in [2.75, 3.05) is 27.2 Å². The van der Waals surface area contributed by atoms with E-state index in [0.717, 1.165) is 36.2 Å². The van der Waals surface area contributed by atoms with E-state index < -0.39 is 6.55 Å². The van der Waals surface area contributed by atoms with Crippen LogP contribution < -0.4 is 0 Å². The van der Waals surface area contributed by atoms with Crippen LogP contribution in [0.1, 0.15) is 41.3 Å². The predicted molar refractivity (Wildman–Crippen MR) is 98.0 cm³/mol. The molecule has 28 heavy (non-hydrogen) atoms. The molecular weight excluding hydrogens is 368 g/mol. The number of hydrogen-bond donors (Lipinski definition) is 0. The van der Waals surface area contributed by atoms with Crippen LogP contribution in [0.2, 0.25) is 0 Å². The highest BCUT2D eigenvalue weighted by Gasteiger charge is 2.40. The van der Waals surface area contributed by atoms with Gasteiger partial charge in [-0.25, -0.2) is 0 Å². The predicted octanol–water partition coefficient (Wildman–Crippen LogP) is 2.35. The first-order valence-electron chi connectivity index (χ1n) is 9.45. The molecule has 2 aromatic rings. The van der Waals surface area contributed by atoms with Crippen molar-refractivity contribution in [1.29, 1.82) is 0 Å². The van der Waals surface area contributed by atoms with Crippen molar-refractivity contribution < 1.29 is 18.3 Å². The minimum absolute atomic E-state index is 0.118. The van der Waals surface area contributed by atoms with E-state index >= 15 is 0 Å². The lowest BCUT2D eigenvalue weighted by atomic mass is 9.90. The Bertz CT molecular complexity index is 852. The van der Waals surface area contributed by atoms with E-state index in [-0.39, 0.29) is 11.5 Å². The summed E-state index contributed by atoms with van der Waals surface area (Å²) in [6, 6.07) is 5.19. The number of fused-ring (bicyclic) bond motifs is 1. The molecule has 0 atom stereocenters. The van der Waals surface area contributed by atoms with E-state index in [9.17, 15) is 13.6 Å². The second kappa shape index (κ2) is 7.29. The molecule has 1 saturated heterocycles. The van der Waals surface area contributed by atoms with Crippen LogP contribution >= 0.6 is 0 Å². The largest absolute Gasteiger partial charge is 0.367 e. The molecule has 1 amide bonds. The van der Waals surface area contributed by atoms with Gasteiger partial charge in [-0.3, -0.25) is 18.9 Å². The summed E-state index contributed by atoms with van der Waals surface area (Å²) >= 11 is 0. The van der Waals surface area contributed by atoms with E-state index in [1.807, 2.05) is 4.68 Å². The third kappa shape index (κ3) is 3.56. The molecule has 7 nitrogen and oxygen atoms in total. The molecule has 2 aliphatic heterocycles. The van der Waals surface area contributed by atoms with Gasteiger partial charge in [-0.15, -0.1) is 0 Å². The lowest BCUT2D eigenvalue weighted by Gasteiger charge is -2.43. The number of halogens is 2. The van der Waals surface area contributed by atoms with Gasteiger partial charge in [0, 0.05) is 45.6 Å². The zero-order valence-corrected chi connectivity index (χ0v) is 16.1. The van der Waals surface area contributed by atoms with E-state index in [4.69, 9.17) is 4.74 Å². The zero-order chi connectivity index (χ0) is 19.9. The highest BCUT2D eigenvalue weighted by molar-refractivity contribution is 5.92. The Hall–Kier alpha value is -2.26. The minimum Gasteiger partial charge on any atom is -0.367 e. The highest BCUT2D eigenvalue weighted by atomic mass is 19.3. The fraction of sp³-hybridized carbons (Fsp3) is 0.579. The van der Waals surface area contributed by atoms with Gasteiger partial charge in [-0.2, -0.15) is 13.9 Å². The second-order valence-corrected chi connectivity index (χ2v) is 7.81. The molecule has 0 saturated carbocycles. The summed E-state index contributed by atoms with van der Waals surface area (Å²) in [4.78, 5) is 15.8. The quantitative estimate of drug-likeness (QED) is 0.800. The fourth-order valence-corrected chi connectivity index (χ4v) is 3.99. The first-order valence-corrected chi connectivity index (χ1v) is 9.45. The summed E-state index contributed by atoms with van der Waals surface area (Å²) in [5.74, 6) is -0.118. The van der Waals surface area contributed by atoms with Crippen molar-refractivity contribution in [2.45, 2.75) is 44.7 Å². The van der Waals surface area contributed by atoms with Crippen molar-refractivity contribution in [3.05, 3.63) is 41.5 Å². The van der Waals surface area contributed by atoms with Crippen LogP contribution in [0.5, 0.6) is 0 Å². The fourth-order valence-electron chi connectivity index (χ4n) is 3.99. The van der Waals surface area contributed by atoms with Gasteiger partial charge >= 0.3 is 6.55 Å². The van der Waals surface area contributed by atoms with Crippen LogP contribution in [0.25, 0.3) is 0 Å². The first-order chi connectivity index (χ1) is 13.4. The molecule has 4 rings (SSSR count). The summed E-state index contributed by atoms with van der Waals surface area (Å²) in [5, 5.41) is 4.48. The van der Waals surface area contributed by atoms with Crippen LogP contribution in [0.4, 0.5) is 8.78 Å². The van der Waals surface area contributed by atoms with Crippen molar-refractivity contribution in [3.63, 3.8) is 0 Å². The average molecular weight is 393 g/mol. The van der Waals surface area contributed by atoms with Gasteiger partial charge in [0.25, 0.3) is 5.91 Å². The number of rotatable bonds is 4. The normalized spacial score (nSPS) is 19.2. The number of hydrogen-bond acceptors (Lipinski definition) is 4. The summed E-state index contributed by atoms with van der Waals surface area (Å²) in [6.07, 6.45) is 3.03. The van der Waals surface area contributed by atoms with Crippen LogP contribution in [-0.4, -0.2) is 62.8 Å². The van der Waals surface area contributed by atoms with Gasteiger partial charge in [-0.05, 0) is 31.0 Å². The van der Waals surface area contributed by atoms with Gasteiger partial charge in [-0.1, -0.05) is 0 Å². The molecule has 0 aliphatic carbocycles. The Morgan fingerprint density at radius 1 is 1.36 bits per heavy atom. The summed E-state index contributed by atoms with van der Waals surface area (Å²) in [7, 11) is 3.41. The van der Waals surface area contributed by atoms with Crippen molar-refractivity contribution in [2.24, 2.45) is 0 Å². The standard InChI is InChI=1S/C19H25F2N5O2/c1-23(2)17(27)16-10-15-12-28-19(13-26(15)22-16)5-8-24(9-6-19)11-14-4-3-7-25(14)18(20)21/h3-4,7,10,18H,5-6,8-9,11-13H2,1-2H3. The number of amides is 1. The maximum Gasteiger partial charge on any atom is 0.318 e. The SMILES string of the molecule is CN(C)C(=O)c1cc2n(n1)CC1(CCN(Cc3cccn3C(F)F)CC1)OC2. The average Bonchev–Trinajstić information content (AvgIpc) is 3.29. The minimum atomic E-state index is -2.51. The lowest BCUT2D eigenvalue weighted by molar-refractivity contribution is -0.124. The first kappa shape index (κ1) is 19.1. The smallest absolute Gasteiger partial charge is 0.318 e. The molecule has 1 fully saturated rings. The Balaban J connectivity index is 1.40. The number of ether oxygens (including phenoxy) is 1. The second-order valence-electron chi connectivity index (χ2n) is 7.81. The number of nitrogens with zero attached hydrogens (tertiary/aromatic N) is 5. The van der Waals surface area contributed by atoms with E-state index in [2.05, 4.69) is 10.00 Å². The number of likely N-dealkylation sites (tertiary alicyclic amines) is 1. The van der Waals surface area contributed by atoms with Gasteiger partial charge in [0.1, 0.15) is 0 Å². The molecule has 0 unspecified atom stereocenters. The molecule has 0 radical (unpaired) electrons. The van der Waals surface area contributed by atoms with Crippen LogP contribution in [0.15, 0.2) is 24.4 Å². The molecular formula is C19H25F2N5O2. The Kier molecular flexibility index (Phi) is 4.96. The van der Waals surface area contributed by atoms with Crippen molar-refractivity contribution in [1.82, 2.24) is 24.1 Å². The lowest BCUT2D eigenvalue weighted by Crippen LogP contribution is -2.50. The molecule has 0 bridgehead atoms. The Labute approximate surface area is 162 Å². The molecule has 1 spiro atoms. The van der Waals surface area contributed by atoms with E-state index in [0.29, 0.717) is 31.1 Å². The molecule has 152 valence electrons. The molecule has 0 N–H and O–H groups in total. The van der Waals surface area contributed by atoms with Crippen LogP contribution in [0.3, 0.4) is 0 Å². The summed E-state index contributed by atoms with van der Waals surface area (Å²) < 4.78 is 35.2. The Morgan fingerprint density at radius 2 is 2.11 bits per heavy atom. The topological polar surface area (TPSA) is 55.5 Å². The van der Waals surface area contributed by atoms with Crippen molar-refractivity contribution in [3.8, 4) is 0 Å². The highest BCUT2D eigenvalue weighted by Crippen LogP contribution is 2.34. The monoisotopic (exact) mass is 393 g/mol. The number of piperidine rings is 1. The molecule has 2 aliphatic rings. The molecule has 2 aromatic heterocycles. The van der Waals surface area contributed by atoms with Gasteiger partial charge < -0.3 is 9.64 Å². The Morgan fingerprint density at radius 3 is 2.79 bits per heavy atom. The van der Waals surface area contributed by atoms with E-state index in [1.165, 1.54) is 11.1 Å². The van der Waals surface area contributed by atoms with E-state index in [1.54, 1.807) is 32.3 Å². The third-order valence-electron chi connectivity index (χ3n) is 5.68. The van der Waals surface area contributed by atoms with Gasteiger partial charge in [0.15, 0.2) is 5.69 Å². The number of alkyl halides is 2. The number of carbonyl (C=O) groups is 1. The molecule has 9 heteroatoms. The summed E-state index contributed by atoms with van der Waals surface area (Å²) in [5.41, 5.74) is 1.66. The van der Waals surface area contributed by atoms with Gasteiger partial charge in [0.2, 0.25) is 0 Å². The number of carbonyl (C=O) groups excluding carboxylic acids is 1. The maximum atomic E-state index is 13.0. The van der Waals surface area contributed by atoms with Crippen LogP contribution in [-0.2, 0) is 24.4 Å². The number of aromatic nitrogens is 3. The third-order valence-corrected chi connectivity index (χ3v) is 5.68. The van der Waals surface area contributed by atoms with Gasteiger partial charge in [0.05, 0.1) is 24.4 Å². The molecule has 4 heterocycles. The molecule has 0 aromatic carbocycles.